The van der Waals surface area contributed by atoms with E-state index in [0.29, 0.717) is 12.1 Å². The second-order valence-corrected chi connectivity index (χ2v) is 7.91. The lowest BCUT2D eigenvalue weighted by atomic mass is 9.98. The van der Waals surface area contributed by atoms with Crippen molar-refractivity contribution in [1.29, 1.82) is 0 Å². The zero-order valence-electron chi connectivity index (χ0n) is 18.2. The molecule has 0 saturated carbocycles. The van der Waals surface area contributed by atoms with Crippen molar-refractivity contribution in [1.82, 2.24) is 19.5 Å². The molecule has 1 aromatic carbocycles. The molecular formula is C23H30N4O3. The van der Waals surface area contributed by atoms with Gasteiger partial charge in [0.1, 0.15) is 0 Å². The summed E-state index contributed by atoms with van der Waals surface area (Å²) in [6.45, 7) is 5.72. The monoisotopic (exact) mass is 410 g/mol. The summed E-state index contributed by atoms with van der Waals surface area (Å²) in [5, 5.41) is 3.35. The van der Waals surface area contributed by atoms with Gasteiger partial charge in [-0.1, -0.05) is 19.4 Å². The fraction of sp³-hybridized carbons (Fsp3) is 0.478. The molecule has 0 spiro atoms. The van der Waals surface area contributed by atoms with Crippen LogP contribution in [-0.4, -0.2) is 40.3 Å². The Kier molecular flexibility index (Phi) is 5.81. The summed E-state index contributed by atoms with van der Waals surface area (Å²) in [6.07, 6.45) is 4.07. The molecule has 1 unspecified atom stereocenters. The van der Waals surface area contributed by atoms with Crippen LogP contribution in [0.1, 0.15) is 54.7 Å². The van der Waals surface area contributed by atoms with Crippen molar-refractivity contribution in [2.75, 3.05) is 20.8 Å². The molecule has 2 aromatic heterocycles. The molecule has 4 rings (SSSR count). The van der Waals surface area contributed by atoms with E-state index < -0.39 is 0 Å². The van der Waals surface area contributed by atoms with E-state index in [0.717, 1.165) is 48.0 Å². The standard InChI is InChI=1S/C23H30N4O3/c1-5-17-15(2)24-22-13-18(25-27(22)23(17)28)19-8-6-7-11-26(19)14-16-9-10-20(29-3)21(12-16)30-4/h9-10,12-13,19,25H,5-8,11,14H2,1-4H3. The Hall–Kier alpha value is -2.80. The molecule has 1 saturated heterocycles. The van der Waals surface area contributed by atoms with Crippen LogP contribution in [0.5, 0.6) is 11.5 Å². The SMILES string of the molecule is CCc1c(C)nc2cc(C3CCCCN3Cc3ccc(OC)c(OC)c3)[nH]n2c1=O. The lowest BCUT2D eigenvalue weighted by molar-refractivity contribution is 0.137. The van der Waals surface area contributed by atoms with Crippen molar-refractivity contribution in [2.45, 2.75) is 52.1 Å². The number of methoxy groups -OCH3 is 2. The Morgan fingerprint density at radius 3 is 2.70 bits per heavy atom. The zero-order valence-corrected chi connectivity index (χ0v) is 18.2. The van der Waals surface area contributed by atoms with Gasteiger partial charge in [-0.25, -0.2) is 9.50 Å². The molecule has 0 bridgehead atoms. The summed E-state index contributed by atoms with van der Waals surface area (Å²) in [5.74, 6) is 1.48. The number of piperidine rings is 1. The van der Waals surface area contributed by atoms with Crippen molar-refractivity contribution < 1.29 is 9.47 Å². The molecular weight excluding hydrogens is 380 g/mol. The van der Waals surface area contributed by atoms with Crippen molar-refractivity contribution in [3.63, 3.8) is 0 Å². The maximum absolute atomic E-state index is 12.8. The minimum absolute atomic E-state index is 0.00787. The third kappa shape index (κ3) is 3.69. The normalized spacial score (nSPS) is 17.4. The quantitative estimate of drug-likeness (QED) is 0.672. The second-order valence-electron chi connectivity index (χ2n) is 7.91. The summed E-state index contributed by atoms with van der Waals surface area (Å²) in [5.41, 5.74) is 4.52. The van der Waals surface area contributed by atoms with Crippen LogP contribution in [0.2, 0.25) is 0 Å². The van der Waals surface area contributed by atoms with E-state index in [1.807, 2.05) is 32.0 Å². The predicted molar refractivity (Wildman–Crippen MR) is 116 cm³/mol. The number of benzene rings is 1. The minimum atomic E-state index is 0.00787. The fourth-order valence-corrected chi connectivity index (χ4v) is 4.51. The summed E-state index contributed by atoms with van der Waals surface area (Å²) in [6, 6.07) is 8.33. The lowest BCUT2D eigenvalue weighted by Crippen LogP contribution is -2.33. The molecule has 1 aliphatic heterocycles. The van der Waals surface area contributed by atoms with Gasteiger partial charge in [0.25, 0.3) is 5.56 Å². The number of fused-ring (bicyclic) bond motifs is 1. The highest BCUT2D eigenvalue weighted by Gasteiger charge is 2.26. The first-order chi connectivity index (χ1) is 14.5. The number of hydrogen-bond donors (Lipinski definition) is 1. The molecule has 0 aliphatic carbocycles. The largest absolute Gasteiger partial charge is 0.493 e. The predicted octanol–water partition coefficient (Wildman–Crippen LogP) is 3.64. The Morgan fingerprint density at radius 2 is 1.97 bits per heavy atom. The molecule has 1 atom stereocenters. The van der Waals surface area contributed by atoms with E-state index in [4.69, 9.17) is 9.47 Å². The minimum Gasteiger partial charge on any atom is -0.493 e. The van der Waals surface area contributed by atoms with Crippen LogP contribution in [0.4, 0.5) is 0 Å². The number of hydrogen-bond acceptors (Lipinski definition) is 5. The highest BCUT2D eigenvalue weighted by Crippen LogP contribution is 2.33. The van der Waals surface area contributed by atoms with Gasteiger partial charge in [0, 0.05) is 23.9 Å². The van der Waals surface area contributed by atoms with E-state index >= 15 is 0 Å². The highest BCUT2D eigenvalue weighted by molar-refractivity contribution is 5.44. The van der Waals surface area contributed by atoms with Crippen molar-refractivity contribution in [2.24, 2.45) is 0 Å². The molecule has 7 nitrogen and oxygen atoms in total. The van der Waals surface area contributed by atoms with Crippen LogP contribution in [0.15, 0.2) is 29.1 Å². The number of rotatable bonds is 6. The smallest absolute Gasteiger partial charge is 0.276 e. The summed E-state index contributed by atoms with van der Waals surface area (Å²) in [4.78, 5) is 20.0. The number of aromatic nitrogens is 3. The van der Waals surface area contributed by atoms with Gasteiger partial charge in [0.15, 0.2) is 17.1 Å². The molecule has 3 heterocycles. The number of nitrogens with zero attached hydrogens (tertiary/aromatic N) is 3. The molecule has 160 valence electrons. The van der Waals surface area contributed by atoms with Gasteiger partial charge in [-0.15, -0.1) is 0 Å². The molecule has 7 heteroatoms. The van der Waals surface area contributed by atoms with Crippen molar-refractivity contribution in [3.8, 4) is 11.5 Å². The number of aromatic amines is 1. The Labute approximate surface area is 176 Å². The third-order valence-corrected chi connectivity index (χ3v) is 6.09. The van der Waals surface area contributed by atoms with E-state index in [2.05, 4.69) is 21.0 Å². The van der Waals surface area contributed by atoms with Gasteiger partial charge in [-0.05, 0) is 50.4 Å². The Bertz CT molecular complexity index is 1100. The third-order valence-electron chi connectivity index (χ3n) is 6.09. The maximum Gasteiger partial charge on any atom is 0.276 e. The van der Waals surface area contributed by atoms with E-state index in [1.54, 1.807) is 18.7 Å². The first-order valence-electron chi connectivity index (χ1n) is 10.6. The Balaban J connectivity index is 1.66. The topological polar surface area (TPSA) is 71.9 Å². The number of likely N-dealkylation sites (tertiary alicyclic amines) is 1. The van der Waals surface area contributed by atoms with Gasteiger partial charge in [-0.3, -0.25) is 14.8 Å². The van der Waals surface area contributed by atoms with Crippen LogP contribution in [0.25, 0.3) is 5.65 Å². The van der Waals surface area contributed by atoms with Crippen LogP contribution in [0, 0.1) is 6.92 Å². The maximum atomic E-state index is 12.8. The van der Waals surface area contributed by atoms with Gasteiger partial charge >= 0.3 is 0 Å². The zero-order chi connectivity index (χ0) is 21.3. The average Bonchev–Trinajstić information content (AvgIpc) is 3.18. The highest BCUT2D eigenvalue weighted by atomic mass is 16.5. The van der Waals surface area contributed by atoms with Gasteiger partial charge < -0.3 is 9.47 Å². The molecule has 3 aromatic rings. The number of aryl methyl sites for hydroxylation is 1. The summed E-state index contributed by atoms with van der Waals surface area (Å²) >= 11 is 0. The van der Waals surface area contributed by atoms with E-state index in [-0.39, 0.29) is 11.6 Å². The van der Waals surface area contributed by atoms with E-state index in [1.165, 1.54) is 18.4 Å². The first kappa shape index (κ1) is 20.5. The Morgan fingerprint density at radius 1 is 1.17 bits per heavy atom. The summed E-state index contributed by atoms with van der Waals surface area (Å²) in [7, 11) is 3.31. The van der Waals surface area contributed by atoms with Gasteiger partial charge in [0.05, 0.1) is 26.0 Å². The average molecular weight is 411 g/mol. The molecule has 0 radical (unpaired) electrons. The fourth-order valence-electron chi connectivity index (χ4n) is 4.51. The molecule has 1 fully saturated rings. The van der Waals surface area contributed by atoms with Crippen LogP contribution in [0.3, 0.4) is 0 Å². The van der Waals surface area contributed by atoms with E-state index in [9.17, 15) is 4.79 Å². The first-order valence-corrected chi connectivity index (χ1v) is 10.6. The van der Waals surface area contributed by atoms with Crippen LogP contribution in [-0.2, 0) is 13.0 Å². The lowest BCUT2D eigenvalue weighted by Gasteiger charge is -2.35. The van der Waals surface area contributed by atoms with Crippen molar-refractivity contribution >= 4 is 5.65 Å². The molecule has 1 N–H and O–H groups in total. The number of H-pyrrole nitrogens is 1. The van der Waals surface area contributed by atoms with Crippen molar-refractivity contribution in [3.05, 3.63) is 57.1 Å². The van der Waals surface area contributed by atoms with Crippen LogP contribution < -0.4 is 15.0 Å². The number of ether oxygens (including phenoxy) is 2. The van der Waals surface area contributed by atoms with Crippen LogP contribution >= 0.6 is 0 Å². The summed E-state index contributed by atoms with van der Waals surface area (Å²) < 4.78 is 12.4. The number of nitrogens with one attached hydrogen (secondary N) is 1. The molecule has 1 aliphatic rings. The van der Waals surface area contributed by atoms with Gasteiger partial charge in [0.2, 0.25) is 0 Å². The molecule has 0 amide bonds. The van der Waals surface area contributed by atoms with Gasteiger partial charge in [-0.2, -0.15) is 0 Å². The second kappa shape index (κ2) is 8.52. The molecule has 30 heavy (non-hydrogen) atoms.